The zero-order chi connectivity index (χ0) is 14.8. The largest absolute Gasteiger partial charge is 0.340 e. The van der Waals surface area contributed by atoms with E-state index in [4.69, 9.17) is 4.52 Å². The maximum atomic E-state index is 5.07. The van der Waals surface area contributed by atoms with Crippen molar-refractivity contribution >= 4 is 0 Å². The van der Waals surface area contributed by atoms with Crippen LogP contribution >= 0.6 is 0 Å². The fraction of sp³-hybridized carbons (Fsp3) is 0.714. The molecule has 1 unspecified atom stereocenters. The summed E-state index contributed by atoms with van der Waals surface area (Å²) in [6.07, 6.45) is 3.66. The van der Waals surface area contributed by atoms with Crippen LogP contribution < -0.4 is 0 Å². The summed E-state index contributed by atoms with van der Waals surface area (Å²) in [7, 11) is 0. The van der Waals surface area contributed by atoms with Gasteiger partial charge in [0.25, 0.3) is 0 Å². The highest BCUT2D eigenvalue weighted by Crippen LogP contribution is 2.20. The van der Waals surface area contributed by atoms with E-state index in [9.17, 15) is 0 Å². The van der Waals surface area contributed by atoms with Crippen LogP contribution in [0.1, 0.15) is 42.6 Å². The molecule has 0 aliphatic carbocycles. The monoisotopic (exact) mass is 290 g/mol. The highest BCUT2D eigenvalue weighted by Gasteiger charge is 2.25. The van der Waals surface area contributed by atoms with Crippen molar-refractivity contribution in [1.82, 2.24) is 29.8 Å². The van der Waals surface area contributed by atoms with E-state index in [1.807, 2.05) is 25.5 Å². The summed E-state index contributed by atoms with van der Waals surface area (Å²) < 4.78 is 7.08. The minimum Gasteiger partial charge on any atom is -0.340 e. The normalized spacial score (nSPS) is 20.0. The van der Waals surface area contributed by atoms with Gasteiger partial charge in [-0.25, -0.2) is 9.67 Å². The molecule has 7 heteroatoms. The van der Waals surface area contributed by atoms with Crippen LogP contribution in [0.25, 0.3) is 0 Å². The minimum atomic E-state index is 0.456. The Bertz CT molecular complexity index is 604. The van der Waals surface area contributed by atoms with Gasteiger partial charge in [0.1, 0.15) is 11.6 Å². The molecule has 1 saturated heterocycles. The molecule has 1 atom stereocenters. The second kappa shape index (κ2) is 5.93. The van der Waals surface area contributed by atoms with Gasteiger partial charge in [-0.05, 0) is 33.2 Å². The molecule has 2 aromatic rings. The van der Waals surface area contributed by atoms with Crippen LogP contribution in [0.4, 0.5) is 0 Å². The fourth-order valence-electron chi connectivity index (χ4n) is 3.00. The first kappa shape index (κ1) is 14.2. The number of aromatic nitrogens is 5. The van der Waals surface area contributed by atoms with Gasteiger partial charge in [0.05, 0.1) is 13.1 Å². The molecular formula is C14H22N6O. The fourth-order valence-corrected chi connectivity index (χ4v) is 3.00. The van der Waals surface area contributed by atoms with Crippen LogP contribution in [0.3, 0.4) is 0 Å². The zero-order valence-corrected chi connectivity index (χ0v) is 12.9. The first-order valence-electron chi connectivity index (χ1n) is 7.53. The average molecular weight is 290 g/mol. The molecular weight excluding hydrogens is 268 g/mol. The van der Waals surface area contributed by atoms with Crippen LogP contribution in [0.2, 0.25) is 0 Å². The van der Waals surface area contributed by atoms with Gasteiger partial charge >= 0.3 is 0 Å². The molecule has 0 saturated carbocycles. The van der Waals surface area contributed by atoms with Gasteiger partial charge in [-0.15, -0.1) is 0 Å². The van der Waals surface area contributed by atoms with E-state index in [0.717, 1.165) is 37.1 Å². The highest BCUT2D eigenvalue weighted by atomic mass is 16.5. The molecule has 0 radical (unpaired) electrons. The number of piperidine rings is 1. The molecule has 0 spiro atoms. The Morgan fingerprint density at radius 3 is 2.71 bits per heavy atom. The van der Waals surface area contributed by atoms with Crippen molar-refractivity contribution in [3.05, 3.63) is 23.4 Å². The molecule has 21 heavy (non-hydrogen) atoms. The minimum absolute atomic E-state index is 0.456. The number of hydrogen-bond acceptors (Lipinski definition) is 6. The van der Waals surface area contributed by atoms with Crippen LogP contribution in [-0.4, -0.2) is 42.4 Å². The van der Waals surface area contributed by atoms with Crippen molar-refractivity contribution in [2.24, 2.45) is 0 Å². The third-order valence-electron chi connectivity index (χ3n) is 4.01. The summed E-state index contributed by atoms with van der Waals surface area (Å²) in [5, 5.41) is 8.49. The topological polar surface area (TPSA) is 72.9 Å². The molecule has 1 fully saturated rings. The van der Waals surface area contributed by atoms with Gasteiger partial charge in [0.15, 0.2) is 5.82 Å². The van der Waals surface area contributed by atoms with E-state index >= 15 is 0 Å². The second-order valence-corrected chi connectivity index (χ2v) is 5.74. The quantitative estimate of drug-likeness (QED) is 0.852. The van der Waals surface area contributed by atoms with Gasteiger partial charge in [-0.2, -0.15) is 10.1 Å². The summed E-state index contributed by atoms with van der Waals surface area (Å²) >= 11 is 0. The number of rotatable bonds is 4. The number of hydrogen-bond donors (Lipinski definition) is 0. The molecule has 7 nitrogen and oxygen atoms in total. The van der Waals surface area contributed by atoms with Crippen molar-refractivity contribution in [1.29, 1.82) is 0 Å². The predicted molar refractivity (Wildman–Crippen MR) is 76.6 cm³/mol. The van der Waals surface area contributed by atoms with Gasteiger partial charge in [-0.3, -0.25) is 4.90 Å². The summed E-state index contributed by atoms with van der Waals surface area (Å²) in [6.45, 7) is 8.47. The Kier molecular flexibility index (Phi) is 4.01. The van der Waals surface area contributed by atoms with E-state index in [0.29, 0.717) is 11.9 Å². The Morgan fingerprint density at radius 1 is 1.19 bits per heavy atom. The molecule has 2 aromatic heterocycles. The van der Waals surface area contributed by atoms with Crippen molar-refractivity contribution in [3.8, 4) is 0 Å². The van der Waals surface area contributed by atoms with Gasteiger partial charge in [-0.1, -0.05) is 11.6 Å². The predicted octanol–water partition coefficient (Wildman–Crippen LogP) is 1.64. The van der Waals surface area contributed by atoms with E-state index in [-0.39, 0.29) is 0 Å². The van der Waals surface area contributed by atoms with Crippen LogP contribution in [0.15, 0.2) is 4.52 Å². The van der Waals surface area contributed by atoms with Gasteiger partial charge in [0.2, 0.25) is 5.89 Å². The molecule has 114 valence electrons. The molecule has 0 N–H and O–H groups in total. The van der Waals surface area contributed by atoms with Crippen molar-refractivity contribution in [2.75, 3.05) is 6.54 Å². The lowest BCUT2D eigenvalue weighted by Crippen LogP contribution is -2.42. The molecule has 1 aliphatic heterocycles. The van der Waals surface area contributed by atoms with E-state index in [2.05, 4.69) is 25.1 Å². The Morgan fingerprint density at radius 2 is 2.05 bits per heavy atom. The smallest absolute Gasteiger partial charge is 0.223 e. The van der Waals surface area contributed by atoms with Gasteiger partial charge in [0, 0.05) is 13.0 Å². The third kappa shape index (κ3) is 3.29. The summed E-state index contributed by atoms with van der Waals surface area (Å²) in [4.78, 5) is 11.1. The van der Waals surface area contributed by atoms with Gasteiger partial charge < -0.3 is 4.52 Å². The maximum absolute atomic E-state index is 5.07. The lowest BCUT2D eigenvalue weighted by Gasteiger charge is -2.34. The summed E-state index contributed by atoms with van der Waals surface area (Å²) in [6, 6.07) is 0.456. The first-order valence-corrected chi connectivity index (χ1v) is 7.53. The molecule has 3 heterocycles. The molecule has 0 aromatic carbocycles. The standard InChI is InChI=1S/C14H22N6O/c1-10-15-11(2)20(17-10)8-13-6-4-5-7-19(13)9-14-16-12(3)21-18-14/h13H,4-9H2,1-3H3. The highest BCUT2D eigenvalue weighted by molar-refractivity contribution is 4.91. The van der Waals surface area contributed by atoms with E-state index in [1.165, 1.54) is 19.3 Å². The Labute approximate surface area is 124 Å². The number of nitrogens with zero attached hydrogens (tertiary/aromatic N) is 6. The number of aryl methyl sites for hydroxylation is 3. The first-order chi connectivity index (χ1) is 10.1. The lowest BCUT2D eigenvalue weighted by atomic mass is 10.0. The van der Waals surface area contributed by atoms with Crippen LogP contribution in [-0.2, 0) is 13.1 Å². The van der Waals surface area contributed by atoms with Crippen LogP contribution in [0, 0.1) is 20.8 Å². The molecule has 1 aliphatic rings. The second-order valence-electron chi connectivity index (χ2n) is 5.74. The third-order valence-corrected chi connectivity index (χ3v) is 4.01. The summed E-state index contributed by atoms with van der Waals surface area (Å²) in [5.41, 5.74) is 0. The Hall–Kier alpha value is -1.76. The number of likely N-dealkylation sites (tertiary alicyclic amines) is 1. The van der Waals surface area contributed by atoms with Crippen molar-refractivity contribution in [2.45, 2.75) is 59.2 Å². The molecule has 0 amide bonds. The average Bonchev–Trinajstić information content (AvgIpc) is 2.98. The zero-order valence-electron chi connectivity index (χ0n) is 12.9. The molecule has 0 bridgehead atoms. The van der Waals surface area contributed by atoms with E-state index < -0.39 is 0 Å². The Balaban J connectivity index is 1.70. The SMILES string of the molecule is Cc1nc(C)n(CC2CCCCN2Cc2noc(C)n2)n1. The maximum Gasteiger partial charge on any atom is 0.223 e. The van der Waals surface area contributed by atoms with Crippen molar-refractivity contribution in [3.63, 3.8) is 0 Å². The lowest BCUT2D eigenvalue weighted by molar-refractivity contribution is 0.117. The molecule has 3 rings (SSSR count). The summed E-state index contributed by atoms with van der Waals surface area (Å²) in [5.74, 6) is 3.21. The van der Waals surface area contributed by atoms with Crippen molar-refractivity contribution < 1.29 is 4.52 Å². The van der Waals surface area contributed by atoms with Crippen LogP contribution in [0.5, 0.6) is 0 Å². The van der Waals surface area contributed by atoms with E-state index in [1.54, 1.807) is 0 Å².